The van der Waals surface area contributed by atoms with E-state index >= 15 is 0 Å². The van der Waals surface area contributed by atoms with Crippen LogP contribution in [0.1, 0.15) is 11.1 Å². The molecular weight excluding hydrogens is 292 g/mol. The number of nitrogens with one attached hydrogen (secondary N) is 1. The summed E-state index contributed by atoms with van der Waals surface area (Å²) in [5, 5.41) is 21.2. The van der Waals surface area contributed by atoms with Gasteiger partial charge in [0, 0.05) is 24.0 Å². The minimum atomic E-state index is -3.71. The fourth-order valence-corrected chi connectivity index (χ4v) is 2.43. The Hall–Kier alpha value is -1.90. The fourth-order valence-electron chi connectivity index (χ4n) is 1.89. The highest BCUT2D eigenvalue weighted by Crippen LogP contribution is 2.20. The number of hydrogen-bond donors (Lipinski definition) is 3. The average Bonchev–Trinajstić information content (AvgIpc) is 2.84. The zero-order chi connectivity index (χ0) is 15.5. The average molecular weight is 310 g/mol. The van der Waals surface area contributed by atoms with E-state index in [0.29, 0.717) is 18.8 Å². The summed E-state index contributed by atoms with van der Waals surface area (Å²) < 4.78 is 24.4. The molecule has 1 aromatic carbocycles. The second-order valence-electron chi connectivity index (χ2n) is 4.71. The number of sulfonamides is 1. The lowest BCUT2D eigenvalue weighted by Gasteiger charge is -2.10. The fraction of sp³-hybridized carbons (Fsp3) is 0.308. The van der Waals surface area contributed by atoms with Gasteiger partial charge in [-0.05, 0) is 24.6 Å². The molecular formula is C13H18N4O3S. The summed E-state index contributed by atoms with van der Waals surface area (Å²) in [6, 6.07) is 4.70. The van der Waals surface area contributed by atoms with Crippen LogP contribution in [0.15, 0.2) is 35.5 Å². The van der Waals surface area contributed by atoms with Gasteiger partial charge in [0.1, 0.15) is 0 Å². The molecule has 21 heavy (non-hydrogen) atoms. The van der Waals surface area contributed by atoms with Crippen molar-refractivity contribution in [3.8, 4) is 0 Å². The first-order chi connectivity index (χ1) is 9.90. The largest absolute Gasteiger partial charge is 0.394 e. The predicted molar refractivity (Wildman–Crippen MR) is 79.2 cm³/mol. The van der Waals surface area contributed by atoms with Crippen LogP contribution in [-0.4, -0.2) is 29.9 Å². The van der Waals surface area contributed by atoms with Gasteiger partial charge in [-0.25, -0.2) is 13.6 Å². The van der Waals surface area contributed by atoms with Gasteiger partial charge in [0.15, 0.2) is 0 Å². The van der Waals surface area contributed by atoms with Crippen molar-refractivity contribution in [2.45, 2.75) is 24.9 Å². The maximum Gasteiger partial charge on any atom is 0.238 e. The van der Waals surface area contributed by atoms with Crippen molar-refractivity contribution in [3.63, 3.8) is 0 Å². The molecule has 2 aromatic rings. The molecule has 0 saturated carbocycles. The highest BCUT2D eigenvalue weighted by Gasteiger charge is 2.10. The van der Waals surface area contributed by atoms with Crippen LogP contribution >= 0.6 is 0 Å². The van der Waals surface area contributed by atoms with E-state index in [-0.39, 0.29) is 11.5 Å². The van der Waals surface area contributed by atoms with E-state index in [1.165, 1.54) is 12.1 Å². The van der Waals surface area contributed by atoms with E-state index in [1.54, 1.807) is 16.9 Å². The Labute approximate surface area is 123 Å². The second-order valence-corrected chi connectivity index (χ2v) is 6.27. The summed E-state index contributed by atoms with van der Waals surface area (Å²) in [5.74, 6) is 0. The summed E-state index contributed by atoms with van der Waals surface area (Å²) in [5.41, 5.74) is 2.56. The summed E-state index contributed by atoms with van der Waals surface area (Å²) in [6.45, 7) is 2.86. The van der Waals surface area contributed by atoms with Crippen LogP contribution in [0.4, 0.5) is 5.69 Å². The number of aromatic nitrogens is 2. The van der Waals surface area contributed by atoms with Gasteiger partial charge in [-0.15, -0.1) is 0 Å². The number of aryl methyl sites for hydroxylation is 1. The number of rotatable bonds is 6. The first-order valence-electron chi connectivity index (χ1n) is 6.39. The Kier molecular flexibility index (Phi) is 4.61. The number of nitrogens with zero attached hydrogens (tertiary/aromatic N) is 2. The van der Waals surface area contributed by atoms with Crippen molar-refractivity contribution in [2.24, 2.45) is 5.14 Å². The number of benzene rings is 1. The topological polar surface area (TPSA) is 110 Å². The van der Waals surface area contributed by atoms with Crippen molar-refractivity contribution in [2.75, 3.05) is 11.9 Å². The molecule has 1 heterocycles. The molecule has 0 amide bonds. The van der Waals surface area contributed by atoms with Crippen LogP contribution in [0.3, 0.4) is 0 Å². The zero-order valence-electron chi connectivity index (χ0n) is 11.7. The van der Waals surface area contributed by atoms with Gasteiger partial charge in [0.2, 0.25) is 10.0 Å². The van der Waals surface area contributed by atoms with Gasteiger partial charge < -0.3 is 10.4 Å². The van der Waals surface area contributed by atoms with E-state index < -0.39 is 10.0 Å². The van der Waals surface area contributed by atoms with Gasteiger partial charge in [-0.1, -0.05) is 6.07 Å². The van der Waals surface area contributed by atoms with Gasteiger partial charge in [0.25, 0.3) is 0 Å². The Balaban J connectivity index is 2.12. The summed E-state index contributed by atoms with van der Waals surface area (Å²) in [7, 11) is -3.71. The third-order valence-corrected chi connectivity index (χ3v) is 3.95. The van der Waals surface area contributed by atoms with Gasteiger partial charge in [0.05, 0.1) is 24.2 Å². The molecule has 0 aliphatic heterocycles. The van der Waals surface area contributed by atoms with E-state index in [2.05, 4.69) is 10.4 Å². The van der Waals surface area contributed by atoms with Gasteiger partial charge in [-0.3, -0.25) is 4.68 Å². The molecule has 0 aliphatic carbocycles. The smallest absolute Gasteiger partial charge is 0.238 e. The van der Waals surface area contributed by atoms with Crippen molar-refractivity contribution in [1.82, 2.24) is 9.78 Å². The summed E-state index contributed by atoms with van der Waals surface area (Å²) in [6.07, 6.45) is 3.52. The molecule has 7 nitrogen and oxygen atoms in total. The minimum Gasteiger partial charge on any atom is -0.394 e. The third kappa shape index (κ3) is 4.03. The molecule has 0 bridgehead atoms. The molecule has 114 valence electrons. The number of hydrogen-bond acceptors (Lipinski definition) is 5. The molecule has 0 unspecified atom stereocenters. The van der Waals surface area contributed by atoms with Crippen LogP contribution in [-0.2, 0) is 23.1 Å². The monoisotopic (exact) mass is 310 g/mol. The number of nitrogens with two attached hydrogens (primary N) is 1. The zero-order valence-corrected chi connectivity index (χ0v) is 12.5. The standard InChI is InChI=1S/C13H18N4O3S/c1-10-2-3-12(21(14,19)20)6-13(10)15-7-11-8-16-17(9-11)4-5-18/h2-3,6,8-9,15,18H,4-5,7H2,1H3,(H2,14,19,20). The van der Waals surface area contributed by atoms with Crippen LogP contribution in [0.2, 0.25) is 0 Å². The number of aliphatic hydroxyl groups is 1. The van der Waals surface area contributed by atoms with Crippen molar-refractivity contribution in [3.05, 3.63) is 41.7 Å². The second kappa shape index (κ2) is 6.25. The molecule has 8 heteroatoms. The molecule has 0 atom stereocenters. The quantitative estimate of drug-likeness (QED) is 0.717. The van der Waals surface area contributed by atoms with E-state index in [1.807, 2.05) is 13.1 Å². The molecule has 0 spiro atoms. The molecule has 1 aromatic heterocycles. The third-order valence-electron chi connectivity index (χ3n) is 3.04. The van der Waals surface area contributed by atoms with Crippen LogP contribution in [0.5, 0.6) is 0 Å². The Bertz CT molecular complexity index is 725. The minimum absolute atomic E-state index is 0.0318. The lowest BCUT2D eigenvalue weighted by molar-refractivity contribution is 0.269. The first-order valence-corrected chi connectivity index (χ1v) is 7.94. The van der Waals surface area contributed by atoms with Crippen LogP contribution in [0, 0.1) is 6.92 Å². The maximum atomic E-state index is 11.4. The molecule has 0 fully saturated rings. The number of aliphatic hydroxyl groups excluding tert-OH is 1. The summed E-state index contributed by atoms with van der Waals surface area (Å²) >= 11 is 0. The lowest BCUT2D eigenvalue weighted by atomic mass is 10.2. The van der Waals surface area contributed by atoms with E-state index in [4.69, 9.17) is 10.2 Å². The Morgan fingerprint density at radius 3 is 2.86 bits per heavy atom. The lowest BCUT2D eigenvalue weighted by Crippen LogP contribution is -2.13. The SMILES string of the molecule is Cc1ccc(S(N)(=O)=O)cc1NCc1cnn(CCO)c1. The van der Waals surface area contributed by atoms with E-state index in [0.717, 1.165) is 11.1 Å². The highest BCUT2D eigenvalue weighted by atomic mass is 32.2. The predicted octanol–water partition coefficient (Wildman–Crippen LogP) is 0.443. The highest BCUT2D eigenvalue weighted by molar-refractivity contribution is 7.89. The normalized spacial score (nSPS) is 11.6. The number of anilines is 1. The van der Waals surface area contributed by atoms with Crippen molar-refractivity contribution >= 4 is 15.7 Å². The van der Waals surface area contributed by atoms with Gasteiger partial charge >= 0.3 is 0 Å². The Morgan fingerprint density at radius 1 is 1.43 bits per heavy atom. The molecule has 0 saturated heterocycles. The van der Waals surface area contributed by atoms with Crippen LogP contribution in [0.25, 0.3) is 0 Å². The molecule has 4 N–H and O–H groups in total. The van der Waals surface area contributed by atoms with Crippen molar-refractivity contribution < 1.29 is 13.5 Å². The van der Waals surface area contributed by atoms with E-state index in [9.17, 15) is 8.42 Å². The number of primary sulfonamides is 1. The summed E-state index contributed by atoms with van der Waals surface area (Å²) in [4.78, 5) is 0.0755. The Morgan fingerprint density at radius 2 is 2.19 bits per heavy atom. The first kappa shape index (κ1) is 15.5. The van der Waals surface area contributed by atoms with Gasteiger partial charge in [-0.2, -0.15) is 5.10 Å². The molecule has 2 rings (SSSR count). The molecule has 0 radical (unpaired) electrons. The maximum absolute atomic E-state index is 11.4. The van der Waals surface area contributed by atoms with Crippen LogP contribution < -0.4 is 10.5 Å². The van der Waals surface area contributed by atoms with Crippen molar-refractivity contribution in [1.29, 1.82) is 0 Å². The molecule has 0 aliphatic rings.